The Kier molecular flexibility index (Phi) is 5.99. The average Bonchev–Trinajstić information content (AvgIpc) is 1.91. The van der Waals surface area contributed by atoms with Crippen LogP contribution in [0.2, 0.25) is 0 Å². The van der Waals surface area contributed by atoms with Crippen molar-refractivity contribution in [2.45, 2.75) is 12.8 Å². The van der Waals surface area contributed by atoms with E-state index in [2.05, 4.69) is 12.7 Å². The van der Waals surface area contributed by atoms with Crippen LogP contribution in [0.4, 0.5) is 0 Å². The molecule has 2 heteroatoms. The van der Waals surface area contributed by atoms with Crippen LogP contribution in [0.15, 0.2) is 36.1 Å². The van der Waals surface area contributed by atoms with E-state index < -0.39 is 0 Å². The Hall–Kier alpha value is -0.690. The van der Waals surface area contributed by atoms with Gasteiger partial charge in [-0.1, -0.05) is 30.3 Å². The predicted octanol–water partition coefficient (Wildman–Crippen LogP) is 3.15. The van der Waals surface area contributed by atoms with E-state index in [9.17, 15) is 0 Å². The number of hydrogen-bond acceptors (Lipinski definition) is 1. The van der Waals surface area contributed by atoms with Crippen molar-refractivity contribution in [3.8, 4) is 0 Å². The van der Waals surface area contributed by atoms with Gasteiger partial charge in [0.05, 0.1) is 6.26 Å². The fraction of sp³-hybridized carbons (Fsp3) is 0.250. The van der Waals surface area contributed by atoms with E-state index in [1.54, 1.807) is 0 Å². The van der Waals surface area contributed by atoms with Crippen LogP contribution in [0.5, 0.6) is 0 Å². The van der Waals surface area contributed by atoms with Gasteiger partial charge in [-0.05, 0) is 18.9 Å². The highest BCUT2D eigenvalue weighted by Gasteiger charge is 1.88. The molecular formula is C8H11ClO. The minimum absolute atomic E-state index is 0.750. The fourth-order valence-electron chi connectivity index (χ4n) is 0.581. The summed E-state index contributed by atoms with van der Waals surface area (Å²) in [5, 5.41) is 8.21. The van der Waals surface area contributed by atoms with Crippen LogP contribution in [0.25, 0.3) is 0 Å². The minimum atomic E-state index is 0.750. The highest BCUT2D eigenvalue weighted by molar-refractivity contribution is 6.31. The number of rotatable bonds is 0. The summed E-state index contributed by atoms with van der Waals surface area (Å²) >= 11 is 5.59. The number of aliphatic hydroxyl groups is 1. The van der Waals surface area contributed by atoms with Crippen LogP contribution in [-0.4, -0.2) is 5.11 Å². The lowest BCUT2D eigenvalue weighted by Gasteiger charge is -1.94. The third-order valence-corrected chi connectivity index (χ3v) is 1.23. The normalized spacial score (nSPS) is 14.7. The molecular weight excluding hydrogens is 148 g/mol. The molecule has 1 rings (SSSR count). The highest BCUT2D eigenvalue weighted by atomic mass is 35.5. The van der Waals surface area contributed by atoms with Crippen molar-refractivity contribution in [2.75, 3.05) is 0 Å². The second-order valence-corrected chi connectivity index (χ2v) is 2.19. The Bertz CT molecular complexity index is 147. The van der Waals surface area contributed by atoms with Crippen molar-refractivity contribution >= 4 is 11.6 Å². The minimum Gasteiger partial charge on any atom is -0.516 e. The molecule has 1 N–H and O–H groups in total. The van der Waals surface area contributed by atoms with Crippen molar-refractivity contribution < 1.29 is 5.11 Å². The quantitative estimate of drug-likeness (QED) is 0.537. The highest BCUT2D eigenvalue weighted by Crippen LogP contribution is 2.11. The summed E-state index contributed by atoms with van der Waals surface area (Å²) in [7, 11) is 0. The third-order valence-electron chi connectivity index (χ3n) is 0.950. The zero-order valence-corrected chi connectivity index (χ0v) is 6.51. The van der Waals surface area contributed by atoms with Crippen molar-refractivity contribution in [2.24, 2.45) is 0 Å². The molecule has 0 saturated heterocycles. The van der Waals surface area contributed by atoms with E-state index in [-0.39, 0.29) is 0 Å². The summed E-state index contributed by atoms with van der Waals surface area (Å²) in [6, 6.07) is 0. The van der Waals surface area contributed by atoms with E-state index in [4.69, 9.17) is 16.7 Å². The number of allylic oxidation sites excluding steroid dienone is 4. The van der Waals surface area contributed by atoms with Gasteiger partial charge < -0.3 is 5.11 Å². The van der Waals surface area contributed by atoms with Crippen LogP contribution in [0.1, 0.15) is 12.8 Å². The van der Waals surface area contributed by atoms with Crippen LogP contribution < -0.4 is 0 Å². The van der Waals surface area contributed by atoms with Crippen molar-refractivity contribution in [1.29, 1.82) is 0 Å². The summed E-state index contributed by atoms with van der Waals surface area (Å²) in [5.41, 5.74) is 0. The molecule has 0 aromatic rings. The smallest absolute Gasteiger partial charge is 0.0719 e. The lowest BCUT2D eigenvalue weighted by atomic mass is 10.2. The van der Waals surface area contributed by atoms with E-state index in [1.165, 1.54) is 0 Å². The van der Waals surface area contributed by atoms with Crippen LogP contribution in [-0.2, 0) is 0 Å². The maximum Gasteiger partial charge on any atom is 0.0719 e. The molecule has 0 unspecified atom stereocenters. The lowest BCUT2D eigenvalue weighted by molar-refractivity contribution is 0.476. The zero-order valence-electron chi connectivity index (χ0n) is 5.76. The maximum atomic E-state index is 7.33. The van der Waals surface area contributed by atoms with Crippen LogP contribution >= 0.6 is 11.6 Å². The summed E-state index contributed by atoms with van der Waals surface area (Å²) in [4.78, 5) is 0. The van der Waals surface area contributed by atoms with E-state index in [0.29, 0.717) is 0 Å². The molecule has 0 spiro atoms. The molecule has 0 bridgehead atoms. The molecule has 1 nitrogen and oxygen atoms in total. The van der Waals surface area contributed by atoms with E-state index >= 15 is 0 Å². The third kappa shape index (κ3) is 5.45. The fourth-order valence-corrected chi connectivity index (χ4v) is 0.780. The Morgan fingerprint density at radius 2 is 2.20 bits per heavy atom. The largest absolute Gasteiger partial charge is 0.516 e. The second kappa shape index (κ2) is 6.43. The predicted molar refractivity (Wildman–Crippen MR) is 45.1 cm³/mol. The molecule has 1 aliphatic rings. The van der Waals surface area contributed by atoms with Gasteiger partial charge in [-0.2, -0.15) is 0 Å². The zero-order chi connectivity index (χ0) is 7.82. The molecule has 0 aromatic heterocycles. The Morgan fingerprint density at radius 1 is 1.60 bits per heavy atom. The standard InChI is InChI=1S/C6H7Cl.C2H4O/c7-6-4-2-1-3-5-6;1-2-3/h2,4-5H,1,3H2;2-3H,1H2. The SMILES string of the molecule is C=CO.ClC1=CCCC=C1. The Morgan fingerprint density at radius 3 is 2.40 bits per heavy atom. The molecule has 1 aliphatic carbocycles. The first-order chi connectivity index (χ1) is 4.81. The van der Waals surface area contributed by atoms with Crippen LogP contribution in [0, 0.1) is 0 Å². The second-order valence-electron chi connectivity index (χ2n) is 1.75. The maximum absolute atomic E-state index is 7.33. The monoisotopic (exact) mass is 158 g/mol. The van der Waals surface area contributed by atoms with Crippen molar-refractivity contribution in [1.82, 2.24) is 0 Å². The molecule has 0 amide bonds. The molecule has 0 heterocycles. The Labute approximate surface area is 66.3 Å². The lowest BCUT2D eigenvalue weighted by Crippen LogP contribution is -1.73. The molecule has 0 atom stereocenters. The Balaban J connectivity index is 0.000000236. The van der Waals surface area contributed by atoms with E-state index in [1.807, 2.05) is 12.2 Å². The first-order valence-corrected chi connectivity index (χ1v) is 3.46. The van der Waals surface area contributed by atoms with Crippen molar-refractivity contribution in [3.05, 3.63) is 36.1 Å². The van der Waals surface area contributed by atoms with Gasteiger partial charge in [0, 0.05) is 5.03 Å². The van der Waals surface area contributed by atoms with Gasteiger partial charge in [0.2, 0.25) is 0 Å². The average molecular weight is 159 g/mol. The van der Waals surface area contributed by atoms with Gasteiger partial charge in [-0.15, -0.1) is 0 Å². The summed E-state index contributed by atoms with van der Waals surface area (Å²) in [6.07, 6.45) is 9.06. The van der Waals surface area contributed by atoms with Crippen molar-refractivity contribution in [3.63, 3.8) is 0 Å². The number of halogens is 1. The topological polar surface area (TPSA) is 20.2 Å². The van der Waals surface area contributed by atoms with Gasteiger partial charge in [0.25, 0.3) is 0 Å². The molecule has 0 saturated carbocycles. The van der Waals surface area contributed by atoms with Gasteiger partial charge in [0.1, 0.15) is 0 Å². The van der Waals surface area contributed by atoms with Gasteiger partial charge >= 0.3 is 0 Å². The molecule has 0 fully saturated rings. The first kappa shape index (κ1) is 9.31. The van der Waals surface area contributed by atoms with E-state index in [0.717, 1.165) is 24.1 Å². The number of aliphatic hydroxyl groups excluding tert-OH is 1. The van der Waals surface area contributed by atoms with Gasteiger partial charge in [-0.25, -0.2) is 0 Å². The molecule has 0 aromatic carbocycles. The number of hydrogen-bond donors (Lipinski definition) is 1. The summed E-state index contributed by atoms with van der Waals surface area (Å²) < 4.78 is 0. The summed E-state index contributed by atoms with van der Waals surface area (Å²) in [6.45, 7) is 2.92. The molecule has 0 aliphatic heterocycles. The first-order valence-electron chi connectivity index (χ1n) is 3.08. The van der Waals surface area contributed by atoms with Crippen LogP contribution in [0.3, 0.4) is 0 Å². The summed E-state index contributed by atoms with van der Waals surface area (Å²) in [5.74, 6) is 0. The van der Waals surface area contributed by atoms with Gasteiger partial charge in [0.15, 0.2) is 0 Å². The van der Waals surface area contributed by atoms with Gasteiger partial charge in [-0.3, -0.25) is 0 Å². The molecule has 0 radical (unpaired) electrons. The molecule has 56 valence electrons. The molecule has 10 heavy (non-hydrogen) atoms.